The Morgan fingerprint density at radius 1 is 1.35 bits per heavy atom. The molecule has 0 aromatic heterocycles. The van der Waals surface area contributed by atoms with Crippen LogP contribution in [0.4, 0.5) is 10.5 Å². The second kappa shape index (κ2) is 7.35. The molecule has 1 aromatic rings. The van der Waals surface area contributed by atoms with Crippen molar-refractivity contribution < 1.29 is 4.79 Å². The van der Waals surface area contributed by atoms with Crippen molar-refractivity contribution in [3.05, 3.63) is 29.3 Å². The molecule has 4 nitrogen and oxygen atoms in total. The second-order valence-corrected chi connectivity index (χ2v) is 7.63. The molecule has 4 heteroatoms. The Kier molecular flexibility index (Phi) is 5.69. The largest absolute Gasteiger partial charge is 0.338 e. The molecule has 1 aromatic carbocycles. The standard InChI is InChI=1S/C19H31N3O/c1-6-22-11-10-15(13-22)12-20-18(23)21-17-14(2)8-7-9-16(17)19(3,4)5/h7-9,15H,6,10-13H2,1-5H3,(H2,20,21,23)/t15-/m0/s1. The van der Waals surface area contributed by atoms with Gasteiger partial charge in [0.2, 0.25) is 0 Å². The van der Waals surface area contributed by atoms with Crippen molar-refractivity contribution >= 4 is 11.7 Å². The molecule has 1 heterocycles. The SMILES string of the molecule is CCN1CC[C@@H](CNC(=O)Nc2c(C)cccc2C(C)(C)C)C1. The third kappa shape index (κ3) is 4.71. The van der Waals surface area contributed by atoms with E-state index in [2.05, 4.69) is 55.4 Å². The minimum absolute atomic E-state index is 0.00170. The van der Waals surface area contributed by atoms with E-state index in [-0.39, 0.29) is 11.4 Å². The number of hydrogen-bond donors (Lipinski definition) is 2. The van der Waals surface area contributed by atoms with Crippen molar-refractivity contribution in [2.24, 2.45) is 5.92 Å². The Labute approximate surface area is 140 Å². The summed E-state index contributed by atoms with van der Waals surface area (Å²) in [6.45, 7) is 14.8. The minimum Gasteiger partial charge on any atom is -0.338 e. The molecule has 0 spiro atoms. The van der Waals surface area contributed by atoms with E-state index in [0.29, 0.717) is 5.92 Å². The van der Waals surface area contributed by atoms with Crippen LogP contribution in [0, 0.1) is 12.8 Å². The molecule has 0 aliphatic carbocycles. The summed E-state index contributed by atoms with van der Waals surface area (Å²) in [7, 11) is 0. The fraction of sp³-hybridized carbons (Fsp3) is 0.632. The van der Waals surface area contributed by atoms with Gasteiger partial charge in [0.25, 0.3) is 0 Å². The predicted octanol–water partition coefficient (Wildman–Crippen LogP) is 3.76. The third-order valence-corrected chi connectivity index (χ3v) is 4.69. The first kappa shape index (κ1) is 17.8. The van der Waals surface area contributed by atoms with Gasteiger partial charge in [-0.1, -0.05) is 45.9 Å². The van der Waals surface area contributed by atoms with Crippen LogP contribution in [-0.4, -0.2) is 37.1 Å². The molecule has 0 saturated carbocycles. The van der Waals surface area contributed by atoms with Crippen molar-refractivity contribution in [3.63, 3.8) is 0 Å². The van der Waals surface area contributed by atoms with Gasteiger partial charge in [0.15, 0.2) is 0 Å². The Bertz CT molecular complexity index is 548. The molecule has 2 rings (SSSR count). The van der Waals surface area contributed by atoms with Crippen molar-refractivity contribution in [3.8, 4) is 0 Å². The van der Waals surface area contributed by atoms with E-state index >= 15 is 0 Å². The maximum Gasteiger partial charge on any atom is 0.319 e. The summed E-state index contributed by atoms with van der Waals surface area (Å²) in [5.74, 6) is 0.569. The third-order valence-electron chi connectivity index (χ3n) is 4.69. The smallest absolute Gasteiger partial charge is 0.319 e. The molecule has 2 amide bonds. The number of anilines is 1. The van der Waals surface area contributed by atoms with Crippen LogP contribution in [0.15, 0.2) is 18.2 Å². The molecule has 1 atom stereocenters. The van der Waals surface area contributed by atoms with Crippen LogP contribution in [0.3, 0.4) is 0 Å². The van der Waals surface area contributed by atoms with Crippen LogP contribution in [0.5, 0.6) is 0 Å². The van der Waals surface area contributed by atoms with Gasteiger partial charge in [0.1, 0.15) is 0 Å². The van der Waals surface area contributed by atoms with Crippen molar-refractivity contribution in [1.29, 1.82) is 0 Å². The summed E-state index contributed by atoms with van der Waals surface area (Å²) in [4.78, 5) is 14.7. The van der Waals surface area contributed by atoms with Crippen molar-refractivity contribution in [2.75, 3.05) is 31.5 Å². The van der Waals surface area contributed by atoms with E-state index < -0.39 is 0 Å². The van der Waals surface area contributed by atoms with E-state index in [1.165, 1.54) is 12.0 Å². The lowest BCUT2D eigenvalue weighted by atomic mass is 9.84. The lowest BCUT2D eigenvalue weighted by Gasteiger charge is -2.24. The summed E-state index contributed by atoms with van der Waals surface area (Å²) < 4.78 is 0. The number of amides is 2. The molecule has 23 heavy (non-hydrogen) atoms. The number of nitrogens with zero attached hydrogens (tertiary/aromatic N) is 1. The highest BCUT2D eigenvalue weighted by molar-refractivity contribution is 5.91. The number of likely N-dealkylation sites (tertiary alicyclic amines) is 1. The molecule has 0 bridgehead atoms. The molecule has 128 valence electrons. The second-order valence-electron chi connectivity index (χ2n) is 7.63. The molecular formula is C19H31N3O. The molecule has 1 aliphatic heterocycles. The first-order valence-corrected chi connectivity index (χ1v) is 8.68. The molecule has 0 radical (unpaired) electrons. The highest BCUT2D eigenvalue weighted by atomic mass is 16.2. The van der Waals surface area contributed by atoms with Gasteiger partial charge in [-0.05, 0) is 48.9 Å². The van der Waals surface area contributed by atoms with E-state index in [1.807, 2.05) is 13.0 Å². The lowest BCUT2D eigenvalue weighted by molar-refractivity contribution is 0.250. The highest BCUT2D eigenvalue weighted by Crippen LogP contribution is 2.31. The van der Waals surface area contributed by atoms with Crippen molar-refractivity contribution in [1.82, 2.24) is 10.2 Å². The van der Waals surface area contributed by atoms with Gasteiger partial charge >= 0.3 is 6.03 Å². The Morgan fingerprint density at radius 3 is 2.70 bits per heavy atom. The number of urea groups is 1. The zero-order valence-electron chi connectivity index (χ0n) is 15.2. The van der Waals surface area contributed by atoms with Gasteiger partial charge in [-0.2, -0.15) is 0 Å². The topological polar surface area (TPSA) is 44.4 Å². The van der Waals surface area contributed by atoms with E-state index in [1.54, 1.807) is 0 Å². The number of rotatable bonds is 4. The van der Waals surface area contributed by atoms with E-state index in [9.17, 15) is 4.79 Å². The first-order chi connectivity index (χ1) is 10.8. The van der Waals surface area contributed by atoms with Crippen molar-refractivity contribution in [2.45, 2.75) is 46.5 Å². The Hall–Kier alpha value is -1.55. The first-order valence-electron chi connectivity index (χ1n) is 8.68. The summed E-state index contributed by atoms with van der Waals surface area (Å²) in [5.41, 5.74) is 3.22. The molecule has 1 fully saturated rings. The number of para-hydroxylation sites is 1. The number of hydrogen-bond acceptors (Lipinski definition) is 2. The summed E-state index contributed by atoms with van der Waals surface area (Å²) in [6, 6.07) is 6.09. The highest BCUT2D eigenvalue weighted by Gasteiger charge is 2.23. The predicted molar refractivity (Wildman–Crippen MR) is 97.1 cm³/mol. The van der Waals surface area contributed by atoms with E-state index in [0.717, 1.165) is 37.4 Å². The zero-order chi connectivity index (χ0) is 17.0. The molecule has 1 aliphatic rings. The monoisotopic (exact) mass is 317 g/mol. The van der Waals surface area contributed by atoms with Crippen LogP contribution < -0.4 is 10.6 Å². The Balaban J connectivity index is 1.96. The summed E-state index contributed by atoms with van der Waals surface area (Å²) in [6.07, 6.45) is 1.17. The fourth-order valence-corrected chi connectivity index (χ4v) is 3.22. The van der Waals surface area contributed by atoms with Crippen LogP contribution in [0.25, 0.3) is 0 Å². The number of benzene rings is 1. The maximum absolute atomic E-state index is 12.3. The van der Waals surface area contributed by atoms with Gasteiger partial charge in [-0.3, -0.25) is 0 Å². The molecule has 2 N–H and O–H groups in total. The average Bonchev–Trinajstić information content (AvgIpc) is 2.94. The normalized spacial score (nSPS) is 18.9. The fourth-order valence-electron chi connectivity index (χ4n) is 3.22. The minimum atomic E-state index is -0.0975. The van der Waals surface area contributed by atoms with Gasteiger partial charge in [0.05, 0.1) is 0 Å². The number of carbonyl (C=O) groups excluding carboxylic acids is 1. The molecule has 0 unspecified atom stereocenters. The summed E-state index contributed by atoms with van der Waals surface area (Å²) in [5, 5.41) is 6.12. The van der Waals surface area contributed by atoms with Gasteiger partial charge < -0.3 is 15.5 Å². The van der Waals surface area contributed by atoms with Crippen LogP contribution in [0.2, 0.25) is 0 Å². The van der Waals surface area contributed by atoms with Gasteiger partial charge in [-0.25, -0.2) is 4.79 Å². The number of aryl methyl sites for hydroxylation is 1. The quantitative estimate of drug-likeness (QED) is 0.888. The Morgan fingerprint density at radius 2 is 2.09 bits per heavy atom. The number of carbonyl (C=O) groups is 1. The van der Waals surface area contributed by atoms with Gasteiger partial charge in [-0.15, -0.1) is 0 Å². The molecule has 1 saturated heterocycles. The van der Waals surface area contributed by atoms with Gasteiger partial charge in [0, 0.05) is 18.8 Å². The van der Waals surface area contributed by atoms with Crippen LogP contribution >= 0.6 is 0 Å². The summed E-state index contributed by atoms with van der Waals surface area (Å²) >= 11 is 0. The maximum atomic E-state index is 12.3. The number of nitrogens with one attached hydrogen (secondary N) is 2. The molecular weight excluding hydrogens is 286 g/mol. The zero-order valence-corrected chi connectivity index (χ0v) is 15.2. The van der Waals surface area contributed by atoms with Crippen LogP contribution in [-0.2, 0) is 5.41 Å². The van der Waals surface area contributed by atoms with Crippen LogP contribution in [0.1, 0.15) is 45.2 Å². The lowest BCUT2D eigenvalue weighted by Crippen LogP contribution is -2.35. The van der Waals surface area contributed by atoms with E-state index in [4.69, 9.17) is 0 Å². The average molecular weight is 317 g/mol.